The van der Waals surface area contributed by atoms with Gasteiger partial charge in [-0.25, -0.2) is 0 Å². The van der Waals surface area contributed by atoms with Gasteiger partial charge in [0.25, 0.3) is 5.69 Å². The summed E-state index contributed by atoms with van der Waals surface area (Å²) in [5, 5.41) is 16.6. The number of nitrogens with one attached hydrogen (secondary N) is 2. The highest BCUT2D eigenvalue weighted by Crippen LogP contribution is 2.27. The molecule has 108 valence electrons. The van der Waals surface area contributed by atoms with Crippen LogP contribution in [0.2, 0.25) is 5.02 Å². The van der Waals surface area contributed by atoms with E-state index in [9.17, 15) is 14.9 Å². The quantitative estimate of drug-likeness (QED) is 0.663. The minimum Gasteiger partial charge on any atom is -0.325 e. The van der Waals surface area contributed by atoms with Crippen LogP contribution in [0.25, 0.3) is 0 Å². The molecule has 1 aromatic rings. The van der Waals surface area contributed by atoms with Gasteiger partial charge < -0.3 is 10.6 Å². The van der Waals surface area contributed by atoms with Gasteiger partial charge >= 0.3 is 0 Å². The first-order chi connectivity index (χ1) is 9.58. The molecule has 0 radical (unpaired) electrons. The first-order valence-electron chi connectivity index (χ1n) is 6.56. The van der Waals surface area contributed by atoms with E-state index in [4.69, 9.17) is 11.6 Å². The lowest BCUT2D eigenvalue weighted by atomic mass is 10.1. The molecule has 1 fully saturated rings. The van der Waals surface area contributed by atoms with E-state index >= 15 is 0 Å². The van der Waals surface area contributed by atoms with E-state index in [0.29, 0.717) is 5.69 Å². The maximum atomic E-state index is 12.1. The Labute approximate surface area is 121 Å². The average molecular weight is 298 g/mol. The number of hydrogen-bond acceptors (Lipinski definition) is 4. The van der Waals surface area contributed by atoms with Gasteiger partial charge in [-0.2, -0.15) is 0 Å². The Morgan fingerprint density at radius 3 is 2.90 bits per heavy atom. The van der Waals surface area contributed by atoms with Gasteiger partial charge in [-0.3, -0.25) is 14.9 Å². The molecule has 0 aliphatic carbocycles. The summed E-state index contributed by atoms with van der Waals surface area (Å²) in [7, 11) is 0. The van der Waals surface area contributed by atoms with Crippen molar-refractivity contribution in [2.45, 2.75) is 31.7 Å². The molecule has 0 bridgehead atoms. The van der Waals surface area contributed by atoms with Gasteiger partial charge in [-0.15, -0.1) is 0 Å². The number of anilines is 1. The summed E-state index contributed by atoms with van der Waals surface area (Å²) in [6, 6.07) is 3.96. The number of nitro benzene ring substituents is 1. The van der Waals surface area contributed by atoms with Crippen molar-refractivity contribution in [3.63, 3.8) is 0 Å². The molecule has 1 amide bonds. The Bertz CT molecular complexity index is 514. The molecule has 1 aromatic carbocycles. The Kier molecular flexibility index (Phi) is 4.92. The van der Waals surface area contributed by atoms with Crippen LogP contribution < -0.4 is 10.6 Å². The summed E-state index contributed by atoms with van der Waals surface area (Å²) in [6.07, 6.45) is 4.02. The number of hydrogen-bond donors (Lipinski definition) is 2. The van der Waals surface area contributed by atoms with Crippen LogP contribution in [0.4, 0.5) is 11.4 Å². The fourth-order valence-electron chi connectivity index (χ4n) is 2.21. The predicted octanol–water partition coefficient (Wildman–Crippen LogP) is 2.72. The molecule has 0 aromatic heterocycles. The highest BCUT2D eigenvalue weighted by molar-refractivity contribution is 6.33. The molecule has 0 saturated carbocycles. The van der Waals surface area contributed by atoms with Crippen LogP contribution in [0.15, 0.2) is 18.2 Å². The number of nitrogens with zero attached hydrogens (tertiary/aromatic N) is 1. The van der Waals surface area contributed by atoms with Gasteiger partial charge in [-0.1, -0.05) is 24.4 Å². The van der Waals surface area contributed by atoms with Gasteiger partial charge in [-0.05, 0) is 31.5 Å². The molecular formula is C13H16ClN3O3. The topological polar surface area (TPSA) is 84.3 Å². The van der Waals surface area contributed by atoms with Crippen molar-refractivity contribution in [1.29, 1.82) is 0 Å². The Hall–Kier alpha value is -1.66. The number of rotatable bonds is 3. The molecule has 20 heavy (non-hydrogen) atoms. The minimum absolute atomic E-state index is 0.0154. The van der Waals surface area contributed by atoms with Crippen molar-refractivity contribution < 1.29 is 9.72 Å². The van der Waals surface area contributed by atoms with Gasteiger partial charge in [0, 0.05) is 11.8 Å². The highest BCUT2D eigenvalue weighted by atomic mass is 35.5. The van der Waals surface area contributed by atoms with Crippen LogP contribution in [0.3, 0.4) is 0 Å². The number of halogens is 1. The summed E-state index contributed by atoms with van der Waals surface area (Å²) in [4.78, 5) is 22.2. The average Bonchev–Trinajstić information content (AvgIpc) is 2.67. The SMILES string of the molecule is O=C(Nc1ccc([N+](=O)[O-])c(Cl)c1)C1CCCCCN1. The molecule has 1 atom stereocenters. The van der Waals surface area contributed by atoms with Gasteiger partial charge in [0.1, 0.15) is 5.02 Å². The molecule has 7 heteroatoms. The zero-order valence-corrected chi connectivity index (χ0v) is 11.7. The summed E-state index contributed by atoms with van der Waals surface area (Å²) in [5.74, 6) is -0.128. The summed E-state index contributed by atoms with van der Waals surface area (Å²) in [5.41, 5.74) is 0.300. The van der Waals surface area contributed by atoms with Crippen LogP contribution in [0.1, 0.15) is 25.7 Å². The molecule has 6 nitrogen and oxygen atoms in total. The van der Waals surface area contributed by atoms with Crippen LogP contribution in [-0.2, 0) is 4.79 Å². The van der Waals surface area contributed by atoms with E-state index in [-0.39, 0.29) is 22.7 Å². The second kappa shape index (κ2) is 6.67. The fraction of sp³-hybridized carbons (Fsp3) is 0.462. The standard InChI is InChI=1S/C13H16ClN3O3/c14-10-8-9(5-6-12(10)17(19)20)16-13(18)11-4-2-1-3-7-15-11/h5-6,8,11,15H,1-4,7H2,(H,16,18). The first-order valence-corrected chi connectivity index (χ1v) is 6.94. The monoisotopic (exact) mass is 297 g/mol. The lowest BCUT2D eigenvalue weighted by Gasteiger charge is -2.15. The van der Waals surface area contributed by atoms with E-state index in [1.165, 1.54) is 18.2 Å². The van der Waals surface area contributed by atoms with E-state index in [2.05, 4.69) is 10.6 Å². The van der Waals surface area contributed by atoms with Crippen molar-refractivity contribution in [2.24, 2.45) is 0 Å². The van der Waals surface area contributed by atoms with Crippen molar-refractivity contribution >= 4 is 28.9 Å². The normalized spacial score (nSPS) is 19.1. The summed E-state index contributed by atoms with van der Waals surface area (Å²) in [6.45, 7) is 0.832. The number of carbonyl (C=O) groups excluding carboxylic acids is 1. The summed E-state index contributed by atoms with van der Waals surface area (Å²) < 4.78 is 0. The maximum Gasteiger partial charge on any atom is 0.288 e. The van der Waals surface area contributed by atoms with Crippen molar-refractivity contribution in [3.05, 3.63) is 33.3 Å². The van der Waals surface area contributed by atoms with Crippen molar-refractivity contribution in [3.8, 4) is 0 Å². The van der Waals surface area contributed by atoms with E-state index in [0.717, 1.165) is 32.2 Å². The highest BCUT2D eigenvalue weighted by Gasteiger charge is 2.20. The fourth-order valence-corrected chi connectivity index (χ4v) is 2.46. The smallest absolute Gasteiger partial charge is 0.288 e. The molecule has 1 saturated heterocycles. The zero-order chi connectivity index (χ0) is 14.5. The second-order valence-electron chi connectivity index (χ2n) is 4.77. The summed E-state index contributed by atoms with van der Waals surface area (Å²) >= 11 is 5.81. The molecule has 1 heterocycles. The van der Waals surface area contributed by atoms with Crippen LogP contribution >= 0.6 is 11.6 Å². The largest absolute Gasteiger partial charge is 0.325 e. The Morgan fingerprint density at radius 1 is 1.40 bits per heavy atom. The van der Waals surface area contributed by atoms with E-state index in [1.807, 2.05) is 0 Å². The number of amides is 1. The lowest BCUT2D eigenvalue weighted by Crippen LogP contribution is -2.39. The van der Waals surface area contributed by atoms with Gasteiger partial charge in [0.15, 0.2) is 0 Å². The molecule has 0 spiro atoms. The first kappa shape index (κ1) is 14.7. The Morgan fingerprint density at radius 2 is 2.20 bits per heavy atom. The van der Waals surface area contributed by atoms with E-state index < -0.39 is 4.92 Å². The molecule has 1 aliphatic heterocycles. The molecule has 2 N–H and O–H groups in total. The van der Waals surface area contributed by atoms with Gasteiger partial charge in [0.2, 0.25) is 5.91 Å². The number of nitro groups is 1. The van der Waals surface area contributed by atoms with Crippen LogP contribution in [-0.4, -0.2) is 23.4 Å². The zero-order valence-electron chi connectivity index (χ0n) is 10.9. The van der Waals surface area contributed by atoms with Crippen molar-refractivity contribution in [1.82, 2.24) is 5.32 Å². The third-order valence-corrected chi connectivity index (χ3v) is 3.59. The van der Waals surface area contributed by atoms with E-state index in [1.54, 1.807) is 0 Å². The molecule has 1 unspecified atom stereocenters. The Balaban J connectivity index is 2.03. The molecular weight excluding hydrogens is 282 g/mol. The third kappa shape index (κ3) is 3.68. The minimum atomic E-state index is -0.555. The number of benzene rings is 1. The lowest BCUT2D eigenvalue weighted by molar-refractivity contribution is -0.384. The van der Waals surface area contributed by atoms with Crippen LogP contribution in [0, 0.1) is 10.1 Å². The van der Waals surface area contributed by atoms with Gasteiger partial charge in [0.05, 0.1) is 11.0 Å². The second-order valence-corrected chi connectivity index (χ2v) is 5.18. The maximum absolute atomic E-state index is 12.1. The van der Waals surface area contributed by atoms with Crippen LogP contribution in [0.5, 0.6) is 0 Å². The van der Waals surface area contributed by atoms with Crippen molar-refractivity contribution in [2.75, 3.05) is 11.9 Å². The third-order valence-electron chi connectivity index (χ3n) is 3.29. The number of carbonyl (C=O) groups is 1. The molecule has 1 aliphatic rings. The molecule has 2 rings (SSSR count). The predicted molar refractivity (Wildman–Crippen MR) is 77.0 cm³/mol.